The largest absolute Gasteiger partial charge is 0.466 e. The zero-order valence-corrected chi connectivity index (χ0v) is 18.8. The van der Waals surface area contributed by atoms with Crippen LogP contribution in [0.3, 0.4) is 0 Å². The summed E-state index contributed by atoms with van der Waals surface area (Å²) in [5.74, 6) is 1.80. The molecule has 0 spiro atoms. The van der Waals surface area contributed by atoms with Gasteiger partial charge in [0.2, 0.25) is 5.91 Å². The number of hydrogen-bond acceptors (Lipinski definition) is 7. The molecule has 3 rings (SSSR count). The number of esters is 1. The molecule has 1 saturated heterocycles. The lowest BCUT2D eigenvalue weighted by molar-refractivity contribution is -0.142. The molecule has 1 fully saturated rings. The van der Waals surface area contributed by atoms with Gasteiger partial charge in [-0.3, -0.25) is 14.5 Å². The van der Waals surface area contributed by atoms with Crippen molar-refractivity contribution >= 4 is 28.3 Å². The summed E-state index contributed by atoms with van der Waals surface area (Å²) in [6, 6.07) is 0. The summed E-state index contributed by atoms with van der Waals surface area (Å²) in [6.45, 7) is 9.65. The number of nitrogens with zero attached hydrogens (tertiary/aromatic N) is 4. The maximum Gasteiger partial charge on any atom is 0.311 e. The number of aromatic nitrogens is 3. The Bertz CT molecular complexity index is 839. The van der Waals surface area contributed by atoms with Crippen LogP contribution in [0.15, 0.2) is 17.8 Å². The number of carbonyl (C=O) groups excluding carboxylic acids is 2. The van der Waals surface area contributed by atoms with E-state index in [-0.39, 0.29) is 18.3 Å². The van der Waals surface area contributed by atoms with E-state index in [0.29, 0.717) is 35.8 Å². The van der Waals surface area contributed by atoms with Gasteiger partial charge >= 0.3 is 5.97 Å². The first-order valence-corrected chi connectivity index (χ1v) is 11.5. The molecule has 1 aliphatic rings. The lowest BCUT2D eigenvalue weighted by atomic mass is 9.96. The minimum Gasteiger partial charge on any atom is -0.466 e. The SMILES string of the molecule is CCOC(=O)Cc1csc(NC(=O)CN2CCC(Cn3ccnc3C(C)C)CC2)n1. The minimum atomic E-state index is -0.306. The van der Waals surface area contributed by atoms with Gasteiger partial charge in [-0.25, -0.2) is 9.97 Å². The highest BCUT2D eigenvalue weighted by Gasteiger charge is 2.22. The van der Waals surface area contributed by atoms with E-state index < -0.39 is 0 Å². The van der Waals surface area contributed by atoms with Crippen molar-refractivity contribution in [3.8, 4) is 0 Å². The molecule has 2 aromatic heterocycles. The van der Waals surface area contributed by atoms with E-state index >= 15 is 0 Å². The lowest BCUT2D eigenvalue weighted by Gasteiger charge is -2.31. The molecule has 8 nitrogen and oxygen atoms in total. The highest BCUT2D eigenvalue weighted by molar-refractivity contribution is 7.13. The summed E-state index contributed by atoms with van der Waals surface area (Å²) in [6.07, 6.45) is 6.22. The average Bonchev–Trinajstić information content (AvgIpc) is 3.33. The third-order valence-corrected chi connectivity index (χ3v) is 6.03. The van der Waals surface area contributed by atoms with E-state index in [2.05, 4.69) is 44.8 Å². The number of ether oxygens (including phenoxy) is 1. The van der Waals surface area contributed by atoms with E-state index in [0.717, 1.165) is 38.3 Å². The third kappa shape index (κ3) is 6.37. The van der Waals surface area contributed by atoms with Crippen molar-refractivity contribution in [2.24, 2.45) is 5.92 Å². The molecular weight excluding hydrogens is 402 g/mol. The number of thiazole rings is 1. The van der Waals surface area contributed by atoms with Gasteiger partial charge in [0.1, 0.15) is 5.82 Å². The molecule has 3 heterocycles. The van der Waals surface area contributed by atoms with E-state index in [9.17, 15) is 9.59 Å². The van der Waals surface area contributed by atoms with Crippen molar-refractivity contribution in [3.05, 3.63) is 29.3 Å². The molecule has 2 aromatic rings. The molecule has 0 radical (unpaired) electrons. The molecule has 0 bridgehead atoms. The molecule has 0 unspecified atom stereocenters. The van der Waals surface area contributed by atoms with Crippen molar-refractivity contribution in [2.75, 3.05) is 31.6 Å². The van der Waals surface area contributed by atoms with Gasteiger partial charge < -0.3 is 14.6 Å². The quantitative estimate of drug-likeness (QED) is 0.612. The zero-order valence-electron chi connectivity index (χ0n) is 18.0. The number of anilines is 1. The fraction of sp³-hybridized carbons (Fsp3) is 0.619. The Morgan fingerprint density at radius 1 is 1.33 bits per heavy atom. The lowest BCUT2D eigenvalue weighted by Crippen LogP contribution is -2.40. The molecule has 1 amide bonds. The van der Waals surface area contributed by atoms with Crippen LogP contribution in [-0.4, -0.2) is 57.6 Å². The Labute approximate surface area is 181 Å². The second kappa shape index (κ2) is 10.7. The van der Waals surface area contributed by atoms with Crippen molar-refractivity contribution in [1.82, 2.24) is 19.4 Å². The van der Waals surface area contributed by atoms with Gasteiger partial charge in [0.05, 0.1) is 25.3 Å². The molecule has 9 heteroatoms. The van der Waals surface area contributed by atoms with Gasteiger partial charge in [-0.05, 0) is 38.8 Å². The first-order valence-electron chi connectivity index (χ1n) is 10.6. The molecule has 0 aromatic carbocycles. The van der Waals surface area contributed by atoms with Gasteiger partial charge in [0.15, 0.2) is 5.13 Å². The van der Waals surface area contributed by atoms with E-state index in [1.165, 1.54) is 11.3 Å². The monoisotopic (exact) mass is 433 g/mol. The van der Waals surface area contributed by atoms with Gasteiger partial charge in [0.25, 0.3) is 0 Å². The van der Waals surface area contributed by atoms with Crippen molar-refractivity contribution < 1.29 is 14.3 Å². The molecule has 1 aliphatic heterocycles. The summed E-state index contributed by atoms with van der Waals surface area (Å²) in [5.41, 5.74) is 0.620. The number of hydrogen-bond donors (Lipinski definition) is 1. The van der Waals surface area contributed by atoms with Crippen LogP contribution in [0.1, 0.15) is 51.0 Å². The second-order valence-electron chi connectivity index (χ2n) is 7.99. The average molecular weight is 434 g/mol. The number of piperidine rings is 1. The van der Waals surface area contributed by atoms with Crippen LogP contribution in [-0.2, 0) is 27.3 Å². The van der Waals surface area contributed by atoms with Crippen LogP contribution in [0.25, 0.3) is 0 Å². The van der Waals surface area contributed by atoms with Gasteiger partial charge in [-0.2, -0.15) is 0 Å². The first kappa shape index (κ1) is 22.4. The Hall–Kier alpha value is -2.26. The molecule has 0 atom stereocenters. The van der Waals surface area contributed by atoms with E-state index in [1.54, 1.807) is 12.3 Å². The Morgan fingerprint density at radius 3 is 2.80 bits per heavy atom. The van der Waals surface area contributed by atoms with Crippen LogP contribution in [0.4, 0.5) is 5.13 Å². The number of rotatable bonds is 9. The summed E-state index contributed by atoms with van der Waals surface area (Å²) in [4.78, 5) is 34.9. The maximum absolute atomic E-state index is 12.4. The Balaban J connectivity index is 1.40. The van der Waals surface area contributed by atoms with Gasteiger partial charge in [-0.1, -0.05) is 13.8 Å². The van der Waals surface area contributed by atoms with Crippen LogP contribution >= 0.6 is 11.3 Å². The number of amides is 1. The second-order valence-corrected chi connectivity index (χ2v) is 8.84. The van der Waals surface area contributed by atoms with Crippen molar-refractivity contribution in [1.29, 1.82) is 0 Å². The molecule has 0 saturated carbocycles. The van der Waals surface area contributed by atoms with Crippen molar-refractivity contribution in [3.63, 3.8) is 0 Å². The topological polar surface area (TPSA) is 89.4 Å². The maximum atomic E-state index is 12.4. The highest BCUT2D eigenvalue weighted by atomic mass is 32.1. The third-order valence-electron chi connectivity index (χ3n) is 5.22. The smallest absolute Gasteiger partial charge is 0.311 e. The fourth-order valence-electron chi connectivity index (χ4n) is 3.75. The summed E-state index contributed by atoms with van der Waals surface area (Å²) in [5, 5.41) is 5.15. The van der Waals surface area contributed by atoms with E-state index in [4.69, 9.17) is 4.74 Å². The first-order chi connectivity index (χ1) is 14.4. The summed E-state index contributed by atoms with van der Waals surface area (Å²) >= 11 is 1.33. The number of carbonyl (C=O) groups is 2. The van der Waals surface area contributed by atoms with Gasteiger partial charge in [-0.15, -0.1) is 11.3 Å². The number of nitrogens with one attached hydrogen (secondary N) is 1. The number of likely N-dealkylation sites (tertiary alicyclic amines) is 1. The van der Waals surface area contributed by atoms with Crippen LogP contribution in [0.5, 0.6) is 0 Å². The predicted octanol–water partition coefficient (Wildman–Crippen LogP) is 2.92. The summed E-state index contributed by atoms with van der Waals surface area (Å²) < 4.78 is 7.19. The Morgan fingerprint density at radius 2 is 2.10 bits per heavy atom. The van der Waals surface area contributed by atoms with Crippen molar-refractivity contribution in [2.45, 2.75) is 52.5 Å². The molecule has 30 heavy (non-hydrogen) atoms. The normalized spacial score (nSPS) is 15.5. The van der Waals surface area contributed by atoms with Crippen LogP contribution in [0.2, 0.25) is 0 Å². The minimum absolute atomic E-state index is 0.0674. The molecule has 164 valence electrons. The van der Waals surface area contributed by atoms with E-state index in [1.807, 2.05) is 6.20 Å². The fourth-order valence-corrected chi connectivity index (χ4v) is 4.47. The molecule has 0 aliphatic carbocycles. The highest BCUT2D eigenvalue weighted by Crippen LogP contribution is 2.22. The zero-order chi connectivity index (χ0) is 21.5. The van der Waals surface area contributed by atoms with Crippen LogP contribution in [0, 0.1) is 5.92 Å². The Kier molecular flexibility index (Phi) is 7.98. The summed E-state index contributed by atoms with van der Waals surface area (Å²) in [7, 11) is 0. The number of imidazole rings is 1. The van der Waals surface area contributed by atoms with Gasteiger partial charge in [0, 0.05) is 30.2 Å². The molecular formula is C21H31N5O3S. The van der Waals surface area contributed by atoms with Crippen LogP contribution < -0.4 is 5.32 Å². The predicted molar refractivity (Wildman–Crippen MR) is 117 cm³/mol. The standard InChI is InChI=1S/C21H31N5O3S/c1-4-29-19(28)11-17-14-30-21(23-17)24-18(27)13-25-8-5-16(6-9-25)12-26-10-7-22-20(26)15(2)3/h7,10,14-16H,4-6,8-9,11-13H2,1-3H3,(H,23,24,27). The molecule has 1 N–H and O–H groups in total.